The Balaban J connectivity index is 2.35. The van der Waals surface area contributed by atoms with Crippen LogP contribution in [0.1, 0.15) is 17.3 Å². The molecule has 2 rings (SSSR count). The van der Waals surface area contributed by atoms with E-state index < -0.39 is 0 Å². The zero-order valence-corrected chi connectivity index (χ0v) is 12.0. The molecule has 4 nitrogen and oxygen atoms in total. The summed E-state index contributed by atoms with van der Waals surface area (Å²) in [6, 6.07) is 10.7. The number of para-hydroxylation sites is 1. The van der Waals surface area contributed by atoms with Crippen LogP contribution in [0, 0.1) is 5.82 Å². The topological polar surface area (TPSA) is 55.6 Å². The number of anilines is 2. The fraction of sp³-hybridized carbons (Fsp3) is 0.188. The van der Waals surface area contributed by atoms with Crippen molar-refractivity contribution in [1.82, 2.24) is 0 Å². The van der Waals surface area contributed by atoms with Crippen molar-refractivity contribution in [2.75, 3.05) is 24.3 Å². The van der Waals surface area contributed by atoms with E-state index in [1.807, 2.05) is 6.92 Å². The first kappa shape index (κ1) is 14.8. The molecule has 1 amide bonds. The van der Waals surface area contributed by atoms with E-state index in [2.05, 4.69) is 0 Å². The Morgan fingerprint density at radius 1 is 1.24 bits per heavy atom. The van der Waals surface area contributed by atoms with E-state index in [4.69, 9.17) is 10.5 Å². The average Bonchev–Trinajstić information content (AvgIpc) is 2.49. The van der Waals surface area contributed by atoms with Crippen LogP contribution in [0.2, 0.25) is 0 Å². The van der Waals surface area contributed by atoms with E-state index in [-0.39, 0.29) is 11.7 Å². The van der Waals surface area contributed by atoms with Gasteiger partial charge in [0.25, 0.3) is 5.91 Å². The van der Waals surface area contributed by atoms with Gasteiger partial charge in [-0.15, -0.1) is 0 Å². The molecular formula is C16H17FN2O2. The molecule has 5 heteroatoms. The van der Waals surface area contributed by atoms with Gasteiger partial charge in [-0.1, -0.05) is 6.07 Å². The van der Waals surface area contributed by atoms with Gasteiger partial charge in [-0.2, -0.15) is 0 Å². The van der Waals surface area contributed by atoms with Gasteiger partial charge in [0.05, 0.1) is 17.9 Å². The Morgan fingerprint density at radius 2 is 1.90 bits per heavy atom. The maximum Gasteiger partial charge on any atom is 0.261 e. The molecule has 0 bridgehead atoms. The highest BCUT2D eigenvalue weighted by atomic mass is 19.1. The van der Waals surface area contributed by atoms with Gasteiger partial charge in [0.15, 0.2) is 5.75 Å². The minimum absolute atomic E-state index is 0.266. The molecular weight excluding hydrogens is 271 g/mol. The monoisotopic (exact) mass is 288 g/mol. The lowest BCUT2D eigenvalue weighted by atomic mass is 10.1. The van der Waals surface area contributed by atoms with E-state index in [1.54, 1.807) is 37.4 Å². The fourth-order valence-corrected chi connectivity index (χ4v) is 1.99. The van der Waals surface area contributed by atoms with E-state index in [1.165, 1.54) is 17.0 Å². The summed E-state index contributed by atoms with van der Waals surface area (Å²) in [6.45, 7) is 2.24. The summed E-state index contributed by atoms with van der Waals surface area (Å²) in [5.74, 6) is -0.241. The van der Waals surface area contributed by atoms with Crippen molar-refractivity contribution in [2.45, 2.75) is 6.92 Å². The Kier molecular flexibility index (Phi) is 4.42. The number of ether oxygens (including phenoxy) is 1. The second-order valence-electron chi connectivity index (χ2n) is 4.50. The predicted molar refractivity (Wildman–Crippen MR) is 81.2 cm³/mol. The largest absolute Gasteiger partial charge is 0.491 e. The number of halogens is 1. The molecule has 0 saturated heterocycles. The van der Waals surface area contributed by atoms with Gasteiger partial charge in [-0.05, 0) is 43.3 Å². The second kappa shape index (κ2) is 6.26. The number of hydrogen-bond donors (Lipinski definition) is 1. The highest BCUT2D eigenvalue weighted by Gasteiger charge is 2.19. The summed E-state index contributed by atoms with van der Waals surface area (Å²) in [7, 11) is 1.62. The van der Waals surface area contributed by atoms with Crippen LogP contribution in [-0.4, -0.2) is 19.6 Å². The zero-order valence-electron chi connectivity index (χ0n) is 12.0. The first-order valence-electron chi connectivity index (χ1n) is 6.59. The average molecular weight is 288 g/mol. The summed E-state index contributed by atoms with van der Waals surface area (Å²) in [4.78, 5) is 14.0. The van der Waals surface area contributed by atoms with Crippen molar-refractivity contribution in [3.05, 3.63) is 53.8 Å². The lowest BCUT2D eigenvalue weighted by Crippen LogP contribution is -2.27. The number of carbonyl (C=O) groups is 1. The normalized spacial score (nSPS) is 10.2. The van der Waals surface area contributed by atoms with E-state index >= 15 is 0 Å². The fourth-order valence-electron chi connectivity index (χ4n) is 1.99. The van der Waals surface area contributed by atoms with Crippen LogP contribution in [-0.2, 0) is 0 Å². The number of amides is 1. The minimum Gasteiger partial charge on any atom is -0.491 e. The van der Waals surface area contributed by atoms with Crippen molar-refractivity contribution in [2.24, 2.45) is 0 Å². The molecule has 0 atom stereocenters. The molecule has 0 saturated carbocycles. The van der Waals surface area contributed by atoms with Crippen molar-refractivity contribution in [3.8, 4) is 5.75 Å². The number of nitrogens with two attached hydrogens (primary N) is 1. The van der Waals surface area contributed by atoms with Crippen LogP contribution in [0.3, 0.4) is 0 Å². The van der Waals surface area contributed by atoms with Gasteiger partial charge in [-0.3, -0.25) is 4.79 Å². The van der Waals surface area contributed by atoms with E-state index in [9.17, 15) is 9.18 Å². The first-order valence-corrected chi connectivity index (χ1v) is 6.59. The van der Waals surface area contributed by atoms with Gasteiger partial charge in [0.1, 0.15) is 5.82 Å². The number of nitrogens with zero attached hydrogens (tertiary/aromatic N) is 1. The van der Waals surface area contributed by atoms with E-state index in [0.29, 0.717) is 29.3 Å². The molecule has 0 heterocycles. The molecule has 0 aliphatic rings. The number of rotatable bonds is 4. The minimum atomic E-state index is -0.349. The molecule has 110 valence electrons. The standard InChI is InChI=1S/C16H17FN2O2/c1-3-21-15-13(5-4-6-14(15)18)16(20)19(2)12-9-7-11(17)8-10-12/h4-10H,3,18H2,1-2H3. The van der Waals surface area contributed by atoms with Gasteiger partial charge in [-0.25, -0.2) is 4.39 Å². The lowest BCUT2D eigenvalue weighted by Gasteiger charge is -2.20. The van der Waals surface area contributed by atoms with Gasteiger partial charge >= 0.3 is 0 Å². The van der Waals surface area contributed by atoms with Crippen molar-refractivity contribution >= 4 is 17.3 Å². The lowest BCUT2D eigenvalue weighted by molar-refractivity contribution is 0.0989. The molecule has 0 aliphatic carbocycles. The maximum atomic E-state index is 13.0. The third kappa shape index (κ3) is 3.13. The smallest absolute Gasteiger partial charge is 0.261 e. The predicted octanol–water partition coefficient (Wildman–Crippen LogP) is 3.08. The van der Waals surface area contributed by atoms with Crippen LogP contribution in [0.5, 0.6) is 5.75 Å². The Bertz CT molecular complexity index is 641. The summed E-state index contributed by atoms with van der Waals surface area (Å²) in [5.41, 5.74) is 7.24. The van der Waals surface area contributed by atoms with Crippen LogP contribution >= 0.6 is 0 Å². The Labute approximate surface area is 122 Å². The van der Waals surface area contributed by atoms with Gasteiger partial charge < -0.3 is 15.4 Å². The van der Waals surface area contributed by atoms with Gasteiger partial charge in [0.2, 0.25) is 0 Å². The van der Waals surface area contributed by atoms with Crippen molar-refractivity contribution in [3.63, 3.8) is 0 Å². The molecule has 0 spiro atoms. The zero-order chi connectivity index (χ0) is 15.4. The van der Waals surface area contributed by atoms with Crippen LogP contribution in [0.25, 0.3) is 0 Å². The molecule has 0 aliphatic heterocycles. The Morgan fingerprint density at radius 3 is 2.52 bits per heavy atom. The molecule has 0 unspecified atom stereocenters. The molecule has 0 aromatic heterocycles. The molecule has 21 heavy (non-hydrogen) atoms. The van der Waals surface area contributed by atoms with E-state index in [0.717, 1.165) is 0 Å². The summed E-state index contributed by atoms with van der Waals surface area (Å²) in [5, 5.41) is 0. The number of benzene rings is 2. The quantitative estimate of drug-likeness (QED) is 0.880. The molecule has 2 aromatic carbocycles. The first-order chi connectivity index (χ1) is 10.0. The van der Waals surface area contributed by atoms with Crippen LogP contribution in [0.15, 0.2) is 42.5 Å². The second-order valence-corrected chi connectivity index (χ2v) is 4.50. The van der Waals surface area contributed by atoms with Gasteiger partial charge in [0, 0.05) is 12.7 Å². The number of carbonyl (C=O) groups excluding carboxylic acids is 1. The number of nitrogen functional groups attached to an aromatic ring is 1. The molecule has 0 radical (unpaired) electrons. The van der Waals surface area contributed by atoms with Crippen molar-refractivity contribution in [1.29, 1.82) is 0 Å². The third-order valence-corrected chi connectivity index (χ3v) is 3.08. The summed E-state index contributed by atoms with van der Waals surface area (Å²) in [6.07, 6.45) is 0. The Hall–Kier alpha value is -2.56. The molecule has 0 fully saturated rings. The molecule has 2 N–H and O–H groups in total. The van der Waals surface area contributed by atoms with Crippen molar-refractivity contribution < 1.29 is 13.9 Å². The highest BCUT2D eigenvalue weighted by Crippen LogP contribution is 2.28. The summed E-state index contributed by atoms with van der Waals surface area (Å²) < 4.78 is 18.4. The number of hydrogen-bond acceptors (Lipinski definition) is 3. The third-order valence-electron chi connectivity index (χ3n) is 3.08. The summed E-state index contributed by atoms with van der Waals surface area (Å²) >= 11 is 0. The maximum absolute atomic E-state index is 13.0. The molecule has 2 aromatic rings. The van der Waals surface area contributed by atoms with Crippen LogP contribution < -0.4 is 15.4 Å². The van der Waals surface area contributed by atoms with Crippen LogP contribution in [0.4, 0.5) is 15.8 Å². The highest BCUT2D eigenvalue weighted by molar-refractivity contribution is 6.08. The SMILES string of the molecule is CCOc1c(N)cccc1C(=O)N(C)c1ccc(F)cc1.